The molecule has 2 heterocycles. The summed E-state index contributed by atoms with van der Waals surface area (Å²) in [6, 6.07) is 9.13. The number of carbonyl (C=O) groups is 1. The van der Waals surface area contributed by atoms with Crippen LogP contribution in [0.25, 0.3) is 0 Å². The van der Waals surface area contributed by atoms with E-state index in [1.807, 2.05) is 19.0 Å². The van der Waals surface area contributed by atoms with Gasteiger partial charge in [0.1, 0.15) is 29.6 Å². The van der Waals surface area contributed by atoms with Crippen molar-refractivity contribution in [3.8, 4) is 5.75 Å². The minimum atomic E-state index is -1.12. The molecular weight excluding hydrogens is 337 g/mol. The summed E-state index contributed by atoms with van der Waals surface area (Å²) in [5, 5.41) is 10.7. The fourth-order valence-corrected chi connectivity index (χ4v) is 2.86. The third-order valence-corrected chi connectivity index (χ3v) is 4.39. The second-order valence-electron chi connectivity index (χ2n) is 6.74. The molecule has 1 aromatic carbocycles. The van der Waals surface area contributed by atoms with Crippen LogP contribution in [0.2, 0.25) is 0 Å². The van der Waals surface area contributed by atoms with E-state index < -0.39 is 5.60 Å². The Hall–Kier alpha value is -2.67. The molecule has 1 fully saturated rings. The molecule has 1 N–H and O–H groups in total. The number of amides is 1. The van der Waals surface area contributed by atoms with Gasteiger partial charge in [-0.3, -0.25) is 4.79 Å². The van der Waals surface area contributed by atoms with E-state index in [0.29, 0.717) is 24.3 Å². The first kappa shape index (κ1) is 18.1. The van der Waals surface area contributed by atoms with Gasteiger partial charge in [0.15, 0.2) is 0 Å². The van der Waals surface area contributed by atoms with E-state index in [1.54, 1.807) is 23.2 Å². The van der Waals surface area contributed by atoms with Crippen LogP contribution in [0, 0.1) is 5.82 Å². The van der Waals surface area contributed by atoms with Crippen molar-refractivity contribution in [2.45, 2.75) is 12.0 Å². The molecule has 7 heteroatoms. The largest absolute Gasteiger partial charge is 0.491 e. The van der Waals surface area contributed by atoms with E-state index in [0.717, 1.165) is 5.82 Å². The first-order valence-electron chi connectivity index (χ1n) is 8.40. The summed E-state index contributed by atoms with van der Waals surface area (Å²) in [6.45, 7) is 0.667. The molecule has 0 aliphatic carbocycles. The monoisotopic (exact) mass is 359 g/mol. The van der Waals surface area contributed by atoms with Crippen molar-refractivity contribution in [3.05, 3.63) is 54.0 Å². The number of benzene rings is 1. The molecule has 1 aromatic heterocycles. The maximum absolute atomic E-state index is 12.9. The molecule has 1 saturated heterocycles. The summed E-state index contributed by atoms with van der Waals surface area (Å²) in [5.41, 5.74) is -0.638. The molecule has 1 amide bonds. The van der Waals surface area contributed by atoms with Crippen molar-refractivity contribution in [2.75, 3.05) is 38.7 Å². The predicted molar refractivity (Wildman–Crippen MR) is 95.9 cm³/mol. The van der Waals surface area contributed by atoms with Crippen molar-refractivity contribution in [1.82, 2.24) is 9.88 Å². The van der Waals surface area contributed by atoms with Crippen LogP contribution in [0.3, 0.4) is 0 Å². The minimum absolute atomic E-state index is 0.0419. The highest BCUT2D eigenvalue weighted by Crippen LogP contribution is 2.25. The van der Waals surface area contributed by atoms with Gasteiger partial charge in [0, 0.05) is 26.8 Å². The molecule has 1 aliphatic heterocycles. The van der Waals surface area contributed by atoms with Crippen LogP contribution in [0.1, 0.15) is 16.8 Å². The fraction of sp³-hybridized carbons (Fsp3) is 0.368. The van der Waals surface area contributed by atoms with E-state index in [2.05, 4.69) is 4.98 Å². The minimum Gasteiger partial charge on any atom is -0.491 e. The molecule has 0 saturated carbocycles. The molecule has 0 unspecified atom stereocenters. The Balaban J connectivity index is 1.59. The number of aromatic nitrogens is 1. The van der Waals surface area contributed by atoms with Crippen LogP contribution in [-0.2, 0) is 0 Å². The number of rotatable bonds is 5. The van der Waals surface area contributed by atoms with Gasteiger partial charge in [-0.05, 0) is 42.8 Å². The van der Waals surface area contributed by atoms with Gasteiger partial charge in [-0.1, -0.05) is 0 Å². The smallest absolute Gasteiger partial charge is 0.255 e. The molecule has 3 rings (SSSR count). The average Bonchev–Trinajstić information content (AvgIpc) is 3.03. The van der Waals surface area contributed by atoms with Crippen molar-refractivity contribution < 1.29 is 19.0 Å². The van der Waals surface area contributed by atoms with Gasteiger partial charge < -0.3 is 19.6 Å². The number of nitrogens with zero attached hydrogens (tertiary/aromatic N) is 3. The SMILES string of the molecule is CN(C)c1ccc(C(=O)N2CC[C@@](O)(COc3ccc(F)cc3)C2)cn1. The van der Waals surface area contributed by atoms with Gasteiger partial charge in [0.25, 0.3) is 5.91 Å². The lowest BCUT2D eigenvalue weighted by Gasteiger charge is -2.23. The maximum atomic E-state index is 12.9. The van der Waals surface area contributed by atoms with E-state index >= 15 is 0 Å². The lowest BCUT2D eigenvalue weighted by molar-refractivity contribution is 0.00429. The quantitative estimate of drug-likeness (QED) is 0.884. The van der Waals surface area contributed by atoms with Crippen LogP contribution < -0.4 is 9.64 Å². The summed E-state index contributed by atoms with van der Waals surface area (Å²) in [4.78, 5) is 20.3. The number of pyridine rings is 1. The van der Waals surface area contributed by atoms with Crippen LogP contribution >= 0.6 is 0 Å². The summed E-state index contributed by atoms with van der Waals surface area (Å²) >= 11 is 0. The van der Waals surface area contributed by atoms with Crippen LogP contribution in [0.15, 0.2) is 42.6 Å². The second-order valence-corrected chi connectivity index (χ2v) is 6.74. The zero-order valence-corrected chi connectivity index (χ0v) is 14.9. The van der Waals surface area contributed by atoms with Crippen LogP contribution in [0.4, 0.5) is 10.2 Å². The van der Waals surface area contributed by atoms with Gasteiger partial charge in [0.2, 0.25) is 0 Å². The van der Waals surface area contributed by atoms with Gasteiger partial charge in [0.05, 0.1) is 12.1 Å². The van der Waals surface area contributed by atoms with Gasteiger partial charge in [-0.25, -0.2) is 9.37 Å². The van der Waals surface area contributed by atoms with E-state index in [4.69, 9.17) is 4.74 Å². The topological polar surface area (TPSA) is 65.9 Å². The Morgan fingerprint density at radius 3 is 2.65 bits per heavy atom. The maximum Gasteiger partial charge on any atom is 0.255 e. The number of hydrogen-bond acceptors (Lipinski definition) is 5. The molecule has 1 atom stereocenters. The normalized spacial score (nSPS) is 19.5. The third kappa shape index (κ3) is 4.11. The molecule has 6 nitrogen and oxygen atoms in total. The molecular formula is C19H22FN3O3. The molecule has 2 aromatic rings. The number of ether oxygens (including phenoxy) is 1. The van der Waals surface area contributed by atoms with E-state index in [9.17, 15) is 14.3 Å². The highest BCUT2D eigenvalue weighted by molar-refractivity contribution is 5.94. The van der Waals surface area contributed by atoms with Crippen molar-refractivity contribution in [2.24, 2.45) is 0 Å². The zero-order valence-electron chi connectivity index (χ0n) is 14.9. The number of likely N-dealkylation sites (tertiary alicyclic amines) is 1. The van der Waals surface area contributed by atoms with Gasteiger partial charge in [-0.2, -0.15) is 0 Å². The van der Waals surface area contributed by atoms with Crippen LogP contribution in [-0.4, -0.2) is 60.3 Å². The van der Waals surface area contributed by atoms with Crippen molar-refractivity contribution in [1.29, 1.82) is 0 Å². The molecule has 26 heavy (non-hydrogen) atoms. The van der Waals surface area contributed by atoms with Crippen molar-refractivity contribution in [3.63, 3.8) is 0 Å². The Bertz CT molecular complexity index is 765. The number of anilines is 1. The Labute approximate surface area is 151 Å². The Kier molecular flexibility index (Phi) is 5.08. The number of β-amino-alcohol motifs (C(OH)–C–C–N with tert-alkyl or cyclic N) is 1. The Morgan fingerprint density at radius 2 is 2.04 bits per heavy atom. The lowest BCUT2D eigenvalue weighted by atomic mass is 10.1. The first-order chi connectivity index (χ1) is 12.4. The number of carbonyl (C=O) groups excluding carboxylic acids is 1. The highest BCUT2D eigenvalue weighted by Gasteiger charge is 2.39. The van der Waals surface area contributed by atoms with E-state index in [1.165, 1.54) is 24.3 Å². The third-order valence-electron chi connectivity index (χ3n) is 4.39. The first-order valence-corrected chi connectivity index (χ1v) is 8.40. The molecule has 138 valence electrons. The Morgan fingerprint density at radius 1 is 1.31 bits per heavy atom. The number of hydrogen-bond donors (Lipinski definition) is 1. The van der Waals surface area contributed by atoms with Crippen molar-refractivity contribution >= 4 is 11.7 Å². The summed E-state index contributed by atoms with van der Waals surface area (Å²) in [7, 11) is 3.76. The summed E-state index contributed by atoms with van der Waals surface area (Å²) in [5.74, 6) is 0.739. The summed E-state index contributed by atoms with van der Waals surface area (Å²) < 4.78 is 18.5. The molecule has 1 aliphatic rings. The standard InChI is InChI=1S/C19H22FN3O3/c1-22(2)17-8-3-14(11-21-17)18(24)23-10-9-19(25,12-23)13-26-16-6-4-15(20)5-7-16/h3-8,11,25H,9-10,12-13H2,1-2H3/t19-/m0/s1. The second kappa shape index (κ2) is 7.29. The fourth-order valence-electron chi connectivity index (χ4n) is 2.86. The molecule has 0 radical (unpaired) electrons. The zero-order chi connectivity index (χ0) is 18.7. The van der Waals surface area contributed by atoms with E-state index in [-0.39, 0.29) is 24.9 Å². The highest BCUT2D eigenvalue weighted by atomic mass is 19.1. The predicted octanol–water partition coefficient (Wildman–Crippen LogP) is 1.94. The van der Waals surface area contributed by atoms with Gasteiger partial charge >= 0.3 is 0 Å². The lowest BCUT2D eigenvalue weighted by Crippen LogP contribution is -2.40. The number of aliphatic hydroxyl groups is 1. The van der Waals surface area contributed by atoms with Crippen LogP contribution in [0.5, 0.6) is 5.75 Å². The van der Waals surface area contributed by atoms with Gasteiger partial charge in [-0.15, -0.1) is 0 Å². The molecule has 0 bridgehead atoms. The average molecular weight is 359 g/mol. The number of halogens is 1. The summed E-state index contributed by atoms with van der Waals surface area (Å²) in [6.07, 6.45) is 1.97. The molecule has 0 spiro atoms.